The normalized spacial score (nSPS) is 16.6. The number of ether oxygens (including phenoxy) is 3. The molecular weight excluding hydrogens is 586 g/mol. The zero-order chi connectivity index (χ0) is 28.4. The lowest BCUT2D eigenvalue weighted by Crippen LogP contribution is -2.58. The molecule has 0 saturated carbocycles. The van der Waals surface area contributed by atoms with Gasteiger partial charge in [-0.15, -0.1) is 0 Å². The van der Waals surface area contributed by atoms with Gasteiger partial charge >= 0.3 is 0 Å². The molecule has 0 aromatic heterocycles. The van der Waals surface area contributed by atoms with E-state index in [1.165, 1.54) is 19.1 Å². The van der Waals surface area contributed by atoms with E-state index in [-0.39, 0.29) is 37.1 Å². The summed E-state index contributed by atoms with van der Waals surface area (Å²) in [7, 11) is 2.47. The Morgan fingerprint density at radius 1 is 0.850 bits per heavy atom. The highest BCUT2D eigenvalue weighted by Crippen LogP contribution is 2.35. The van der Waals surface area contributed by atoms with Crippen LogP contribution in [0.5, 0.6) is 11.5 Å². The summed E-state index contributed by atoms with van der Waals surface area (Å²) in [5.41, 5.74) is 1.23. The van der Waals surface area contributed by atoms with Crippen molar-refractivity contribution >= 4 is 27.7 Å². The molecule has 1 spiro atoms. The maximum Gasteiger partial charge on any atom is 0.260 e. The third-order valence-corrected chi connectivity index (χ3v) is 8.07. The van der Waals surface area contributed by atoms with Gasteiger partial charge in [-0.1, -0.05) is 40.2 Å². The third-order valence-electron chi connectivity index (χ3n) is 7.57. The van der Waals surface area contributed by atoms with Crippen molar-refractivity contribution < 1.29 is 32.6 Å². The van der Waals surface area contributed by atoms with Crippen LogP contribution in [0.4, 0.5) is 8.78 Å². The number of benzene rings is 3. The third kappa shape index (κ3) is 5.42. The minimum atomic E-state index is -1.07. The van der Waals surface area contributed by atoms with Crippen LogP contribution in [-0.4, -0.2) is 74.2 Å². The molecule has 10 heteroatoms. The Hall–Kier alpha value is -3.50. The van der Waals surface area contributed by atoms with E-state index in [2.05, 4.69) is 15.9 Å². The highest BCUT2D eigenvalue weighted by atomic mass is 79.9. The number of likely N-dealkylation sites (tertiary alicyclic amines) is 1. The van der Waals surface area contributed by atoms with Crippen molar-refractivity contribution in [3.8, 4) is 22.6 Å². The lowest BCUT2D eigenvalue weighted by Gasteiger charge is -2.47. The number of carbonyl (C=O) groups is 2. The Morgan fingerprint density at radius 2 is 1.50 bits per heavy atom. The van der Waals surface area contributed by atoms with E-state index in [1.54, 1.807) is 4.90 Å². The van der Waals surface area contributed by atoms with Crippen molar-refractivity contribution in [3.05, 3.63) is 81.8 Å². The van der Waals surface area contributed by atoms with Crippen molar-refractivity contribution in [1.82, 2.24) is 9.80 Å². The van der Waals surface area contributed by atoms with E-state index in [9.17, 15) is 18.4 Å². The van der Waals surface area contributed by atoms with Crippen LogP contribution in [0.25, 0.3) is 11.1 Å². The van der Waals surface area contributed by atoms with Gasteiger partial charge in [-0.2, -0.15) is 0 Å². The number of nitrogens with zero attached hydrogens (tertiary/aromatic N) is 2. The molecule has 5 rings (SSSR count). The lowest BCUT2D eigenvalue weighted by molar-refractivity contribution is -0.123. The number of carbonyl (C=O) groups excluding carboxylic acids is 2. The second kappa shape index (κ2) is 11.5. The molecule has 2 fully saturated rings. The summed E-state index contributed by atoms with van der Waals surface area (Å²) in [6.07, 6.45) is 0.982. The first kappa shape index (κ1) is 28.0. The minimum Gasteiger partial charge on any atom is -0.494 e. The monoisotopic (exact) mass is 614 g/mol. The van der Waals surface area contributed by atoms with Gasteiger partial charge in [-0.25, -0.2) is 8.78 Å². The van der Waals surface area contributed by atoms with Crippen LogP contribution >= 0.6 is 15.9 Å². The standard InChI is InChI=1S/C30H29BrF2N2O5/c1-38-23-17-24(39-2)27(33)25(26(23)32)29(37)35-14-15-40-30(18-35)10-12-34(13-11-30)28(36)20-8-6-19(7-9-20)21-4-3-5-22(31)16-21/h3-9,16-17H,10-15,18H2,1-2H3. The maximum absolute atomic E-state index is 15.0. The molecule has 3 aromatic carbocycles. The van der Waals surface area contributed by atoms with Crippen molar-refractivity contribution in [2.75, 3.05) is 47.0 Å². The largest absolute Gasteiger partial charge is 0.494 e. The zero-order valence-corrected chi connectivity index (χ0v) is 23.8. The molecule has 2 saturated heterocycles. The predicted molar refractivity (Wildman–Crippen MR) is 149 cm³/mol. The van der Waals surface area contributed by atoms with E-state index >= 15 is 0 Å². The molecule has 2 amide bonds. The molecule has 2 aliphatic heterocycles. The van der Waals surface area contributed by atoms with Crippen molar-refractivity contribution in [2.45, 2.75) is 18.4 Å². The SMILES string of the molecule is COc1cc(OC)c(F)c(C(=O)N2CCOC3(CCN(C(=O)c4ccc(-c5cccc(Br)c5)cc4)CC3)C2)c1F. The molecule has 0 N–H and O–H groups in total. The van der Waals surface area contributed by atoms with E-state index in [0.29, 0.717) is 31.5 Å². The molecule has 3 aromatic rings. The summed E-state index contributed by atoms with van der Waals surface area (Å²) in [6.45, 7) is 1.44. The summed E-state index contributed by atoms with van der Waals surface area (Å²) >= 11 is 3.48. The lowest BCUT2D eigenvalue weighted by atomic mass is 9.88. The fourth-order valence-corrected chi connectivity index (χ4v) is 5.72. The smallest absolute Gasteiger partial charge is 0.260 e. The Kier molecular flexibility index (Phi) is 8.09. The molecule has 7 nitrogen and oxygen atoms in total. The van der Waals surface area contributed by atoms with Crippen molar-refractivity contribution in [3.63, 3.8) is 0 Å². The van der Waals surface area contributed by atoms with Gasteiger partial charge in [0.05, 0.1) is 33.0 Å². The molecule has 40 heavy (non-hydrogen) atoms. The second-order valence-electron chi connectivity index (χ2n) is 9.92. The van der Waals surface area contributed by atoms with E-state index in [1.807, 2.05) is 48.5 Å². The Bertz CT molecular complexity index is 1400. The first-order valence-electron chi connectivity index (χ1n) is 12.9. The summed E-state index contributed by atoms with van der Waals surface area (Å²) in [5, 5.41) is 0. The highest BCUT2D eigenvalue weighted by Gasteiger charge is 2.43. The van der Waals surface area contributed by atoms with Gasteiger partial charge in [0.25, 0.3) is 11.8 Å². The predicted octanol–water partition coefficient (Wildman–Crippen LogP) is 5.56. The van der Waals surface area contributed by atoms with Gasteiger partial charge in [0.15, 0.2) is 23.1 Å². The number of methoxy groups -OCH3 is 2. The summed E-state index contributed by atoms with van der Waals surface area (Å²) < 4.78 is 47.0. The molecule has 0 bridgehead atoms. The van der Waals surface area contributed by atoms with Crippen LogP contribution < -0.4 is 9.47 Å². The Morgan fingerprint density at radius 3 is 2.10 bits per heavy atom. The average Bonchev–Trinajstić information content (AvgIpc) is 2.97. The van der Waals surface area contributed by atoms with Crippen molar-refractivity contribution in [1.29, 1.82) is 0 Å². The average molecular weight is 615 g/mol. The first-order valence-corrected chi connectivity index (χ1v) is 13.7. The van der Waals surface area contributed by atoms with Gasteiger partial charge in [-0.3, -0.25) is 9.59 Å². The second-order valence-corrected chi connectivity index (χ2v) is 10.8. The summed E-state index contributed by atoms with van der Waals surface area (Å²) in [6, 6.07) is 16.5. The fourth-order valence-electron chi connectivity index (χ4n) is 5.33. The van der Waals surface area contributed by atoms with Gasteiger partial charge in [0.2, 0.25) is 0 Å². The van der Waals surface area contributed by atoms with Crippen LogP contribution in [0.15, 0.2) is 59.1 Å². The van der Waals surface area contributed by atoms with E-state index in [4.69, 9.17) is 14.2 Å². The topological polar surface area (TPSA) is 68.3 Å². The first-order chi connectivity index (χ1) is 19.2. The Labute approximate surface area is 239 Å². The number of rotatable bonds is 5. The summed E-state index contributed by atoms with van der Waals surface area (Å²) in [4.78, 5) is 29.7. The maximum atomic E-state index is 15.0. The molecule has 0 radical (unpaired) electrons. The summed E-state index contributed by atoms with van der Waals surface area (Å²) in [5.74, 6) is -3.57. The number of hydrogen-bond donors (Lipinski definition) is 0. The molecule has 2 aliphatic rings. The van der Waals surface area contributed by atoms with Gasteiger partial charge in [0.1, 0.15) is 5.56 Å². The van der Waals surface area contributed by atoms with Crippen LogP contribution in [-0.2, 0) is 4.74 Å². The highest BCUT2D eigenvalue weighted by molar-refractivity contribution is 9.10. The van der Waals surface area contributed by atoms with Crippen LogP contribution in [0.2, 0.25) is 0 Å². The van der Waals surface area contributed by atoms with Gasteiger partial charge < -0.3 is 24.0 Å². The zero-order valence-electron chi connectivity index (χ0n) is 22.2. The van der Waals surface area contributed by atoms with Gasteiger partial charge in [-0.05, 0) is 48.2 Å². The van der Waals surface area contributed by atoms with Crippen LogP contribution in [0, 0.1) is 11.6 Å². The fraction of sp³-hybridized carbons (Fsp3) is 0.333. The molecular formula is C30H29BrF2N2O5. The number of piperidine rings is 1. The van der Waals surface area contributed by atoms with Crippen molar-refractivity contribution in [2.24, 2.45) is 0 Å². The quantitative estimate of drug-likeness (QED) is 0.376. The van der Waals surface area contributed by atoms with E-state index < -0.39 is 28.7 Å². The van der Waals surface area contributed by atoms with Crippen LogP contribution in [0.1, 0.15) is 33.6 Å². The molecule has 2 heterocycles. The number of hydrogen-bond acceptors (Lipinski definition) is 5. The van der Waals surface area contributed by atoms with Gasteiger partial charge in [0, 0.05) is 35.7 Å². The minimum absolute atomic E-state index is 0.0769. The molecule has 210 valence electrons. The van der Waals surface area contributed by atoms with E-state index in [0.717, 1.165) is 21.7 Å². The Balaban J connectivity index is 1.26. The number of morpholine rings is 1. The number of amides is 2. The molecule has 0 aliphatic carbocycles. The number of halogens is 3. The van der Waals surface area contributed by atoms with Crippen LogP contribution in [0.3, 0.4) is 0 Å². The molecule has 0 atom stereocenters. The molecule has 0 unspecified atom stereocenters.